The number of aromatic nitrogens is 1. The van der Waals surface area contributed by atoms with Gasteiger partial charge in [0.1, 0.15) is 5.84 Å². The van der Waals surface area contributed by atoms with Gasteiger partial charge in [-0.1, -0.05) is 36.0 Å². The number of aryl methyl sites for hydroxylation is 2. The predicted molar refractivity (Wildman–Crippen MR) is 124 cm³/mol. The third kappa shape index (κ3) is 4.77. The molecule has 2 N–H and O–H groups in total. The van der Waals surface area contributed by atoms with Crippen molar-refractivity contribution < 1.29 is 13.2 Å². The van der Waals surface area contributed by atoms with Crippen molar-refractivity contribution in [2.45, 2.75) is 44.4 Å². The van der Waals surface area contributed by atoms with Crippen LogP contribution in [0.2, 0.25) is 0 Å². The summed E-state index contributed by atoms with van der Waals surface area (Å²) < 4.78 is 27.7. The number of fused-ring (bicyclic) bond motifs is 2. The van der Waals surface area contributed by atoms with E-state index >= 15 is 0 Å². The van der Waals surface area contributed by atoms with E-state index in [0.29, 0.717) is 29.5 Å². The number of thiazole rings is 1. The van der Waals surface area contributed by atoms with E-state index in [-0.39, 0.29) is 10.8 Å². The maximum Gasteiger partial charge on any atom is 0.263 e. The minimum Gasteiger partial charge on any atom is -0.302 e. The zero-order chi connectivity index (χ0) is 22.0. The van der Waals surface area contributed by atoms with Gasteiger partial charge in [0.25, 0.3) is 10.0 Å². The molecule has 1 aliphatic heterocycles. The van der Waals surface area contributed by atoms with Crippen molar-refractivity contribution in [2.24, 2.45) is 4.99 Å². The summed E-state index contributed by atoms with van der Waals surface area (Å²) in [5.41, 5.74) is 3.85. The molecule has 0 saturated heterocycles. The third-order valence-electron chi connectivity index (χ3n) is 5.07. The molecule has 0 atom stereocenters. The predicted octanol–water partition coefficient (Wildman–Crippen LogP) is 4.15. The molecule has 0 aliphatic carbocycles. The Hall–Kier alpha value is -2.78. The quantitative estimate of drug-likeness (QED) is 0.522. The van der Waals surface area contributed by atoms with Crippen molar-refractivity contribution in [3.63, 3.8) is 0 Å². The monoisotopic (exact) mass is 456 g/mol. The van der Waals surface area contributed by atoms with E-state index in [0.717, 1.165) is 35.0 Å². The van der Waals surface area contributed by atoms with Crippen molar-refractivity contribution >= 4 is 48.5 Å². The lowest BCUT2D eigenvalue weighted by atomic mass is 10.1. The summed E-state index contributed by atoms with van der Waals surface area (Å²) in [4.78, 5) is 21.5. The zero-order valence-corrected chi connectivity index (χ0v) is 19.1. The Labute approximate surface area is 185 Å². The SMILES string of the molecule is Cc1cc(C)c2nc(NC(=O)CCCCCN=C3NS(=O)(=O)c4ccccc43)sc2c1. The number of sulfonamides is 1. The van der Waals surface area contributed by atoms with E-state index in [1.54, 1.807) is 24.3 Å². The number of anilines is 1. The van der Waals surface area contributed by atoms with Crippen LogP contribution in [0.15, 0.2) is 46.3 Å². The number of carbonyl (C=O) groups is 1. The van der Waals surface area contributed by atoms with Crippen LogP contribution in [0, 0.1) is 13.8 Å². The van der Waals surface area contributed by atoms with E-state index in [2.05, 4.69) is 39.1 Å². The summed E-state index contributed by atoms with van der Waals surface area (Å²) in [7, 11) is -3.50. The number of amidine groups is 1. The van der Waals surface area contributed by atoms with Crippen LogP contribution in [0.5, 0.6) is 0 Å². The van der Waals surface area contributed by atoms with Crippen LogP contribution in [0.3, 0.4) is 0 Å². The summed E-state index contributed by atoms with van der Waals surface area (Å²) in [5.74, 6) is 0.354. The first-order valence-electron chi connectivity index (χ1n) is 10.2. The third-order valence-corrected chi connectivity index (χ3v) is 7.39. The lowest BCUT2D eigenvalue weighted by molar-refractivity contribution is -0.116. The van der Waals surface area contributed by atoms with Crippen LogP contribution in [-0.2, 0) is 14.8 Å². The molecule has 1 amide bonds. The topological polar surface area (TPSA) is 101 Å². The van der Waals surface area contributed by atoms with Crippen LogP contribution in [0.4, 0.5) is 5.13 Å². The Morgan fingerprint density at radius 1 is 1.16 bits per heavy atom. The average Bonchev–Trinajstić information content (AvgIpc) is 3.23. The molecule has 4 rings (SSSR count). The first-order chi connectivity index (χ1) is 14.8. The Morgan fingerprint density at radius 2 is 1.97 bits per heavy atom. The maximum atomic E-state index is 12.2. The van der Waals surface area contributed by atoms with Gasteiger partial charge in [0, 0.05) is 18.5 Å². The molecular weight excluding hydrogens is 432 g/mol. The van der Waals surface area contributed by atoms with Gasteiger partial charge in [-0.3, -0.25) is 14.5 Å². The van der Waals surface area contributed by atoms with E-state index in [1.807, 2.05) is 6.92 Å². The lowest BCUT2D eigenvalue weighted by Gasteiger charge is -2.02. The number of carbonyl (C=O) groups excluding carboxylic acids is 1. The number of amides is 1. The minimum atomic E-state index is -3.50. The number of hydrogen-bond donors (Lipinski definition) is 2. The second kappa shape index (κ2) is 8.76. The fourth-order valence-electron chi connectivity index (χ4n) is 3.62. The second-order valence-electron chi connectivity index (χ2n) is 7.64. The maximum absolute atomic E-state index is 12.2. The Morgan fingerprint density at radius 3 is 2.81 bits per heavy atom. The molecule has 1 aliphatic rings. The summed E-state index contributed by atoms with van der Waals surface area (Å²) >= 11 is 1.49. The van der Waals surface area contributed by atoms with E-state index in [4.69, 9.17) is 0 Å². The fourth-order valence-corrected chi connectivity index (χ4v) is 5.93. The average molecular weight is 457 g/mol. The van der Waals surface area contributed by atoms with Crippen molar-refractivity contribution in [3.8, 4) is 0 Å². The summed E-state index contributed by atoms with van der Waals surface area (Å²) in [5, 5.41) is 3.53. The highest BCUT2D eigenvalue weighted by Crippen LogP contribution is 2.29. The fraction of sp³-hybridized carbons (Fsp3) is 0.318. The largest absolute Gasteiger partial charge is 0.302 e. The molecule has 0 bridgehead atoms. The highest BCUT2D eigenvalue weighted by molar-refractivity contribution is 7.90. The first-order valence-corrected chi connectivity index (χ1v) is 12.5. The van der Waals surface area contributed by atoms with Crippen LogP contribution in [0.25, 0.3) is 10.2 Å². The van der Waals surface area contributed by atoms with Gasteiger partial charge in [-0.25, -0.2) is 13.4 Å². The van der Waals surface area contributed by atoms with Crippen LogP contribution in [-0.4, -0.2) is 31.7 Å². The van der Waals surface area contributed by atoms with Crippen molar-refractivity contribution in [1.82, 2.24) is 9.71 Å². The van der Waals surface area contributed by atoms with Crippen LogP contribution >= 0.6 is 11.3 Å². The molecule has 162 valence electrons. The number of unbranched alkanes of at least 4 members (excludes halogenated alkanes) is 2. The molecule has 0 fully saturated rings. The zero-order valence-electron chi connectivity index (χ0n) is 17.4. The van der Waals surface area contributed by atoms with Gasteiger partial charge in [-0.2, -0.15) is 0 Å². The van der Waals surface area contributed by atoms with E-state index < -0.39 is 10.0 Å². The smallest absolute Gasteiger partial charge is 0.263 e. The molecule has 0 unspecified atom stereocenters. The van der Waals surface area contributed by atoms with E-state index in [1.165, 1.54) is 16.9 Å². The molecular formula is C22H24N4O3S2. The van der Waals surface area contributed by atoms with Gasteiger partial charge in [0.05, 0.1) is 15.1 Å². The number of benzene rings is 2. The molecule has 0 saturated carbocycles. The van der Waals surface area contributed by atoms with Gasteiger partial charge in [-0.15, -0.1) is 0 Å². The Kier molecular flexibility index (Phi) is 6.06. The summed E-state index contributed by atoms with van der Waals surface area (Å²) in [6, 6.07) is 11.0. The first kappa shape index (κ1) is 21.5. The van der Waals surface area contributed by atoms with Crippen LogP contribution < -0.4 is 10.0 Å². The molecule has 31 heavy (non-hydrogen) atoms. The summed E-state index contributed by atoms with van der Waals surface area (Å²) in [6.07, 6.45) is 2.76. The number of aliphatic imine (C=N–C) groups is 1. The molecule has 7 nitrogen and oxygen atoms in total. The molecule has 2 aromatic carbocycles. The second-order valence-corrected chi connectivity index (χ2v) is 10.3. The molecule has 3 aromatic rings. The van der Waals surface area contributed by atoms with E-state index in [9.17, 15) is 13.2 Å². The van der Waals surface area contributed by atoms with Gasteiger partial charge in [0.2, 0.25) is 5.91 Å². The minimum absolute atomic E-state index is 0.0442. The standard InChI is InChI=1S/C22H24N4O3S2/c1-14-12-15(2)20-17(13-14)30-22(25-20)24-19(27)10-4-3-7-11-23-21-16-8-5-6-9-18(16)31(28,29)26-21/h5-6,8-9,12-13H,3-4,7,10-11H2,1-2H3,(H,23,26)(H,24,25,27). The van der Waals surface area contributed by atoms with Crippen LogP contribution in [0.1, 0.15) is 42.4 Å². The molecule has 0 spiro atoms. The molecule has 9 heteroatoms. The van der Waals surface area contributed by atoms with Crippen molar-refractivity contribution in [3.05, 3.63) is 53.1 Å². The Balaban J connectivity index is 1.23. The molecule has 0 radical (unpaired) electrons. The van der Waals surface area contributed by atoms with Gasteiger partial charge in [0.15, 0.2) is 5.13 Å². The number of nitrogens with one attached hydrogen (secondary N) is 2. The van der Waals surface area contributed by atoms with Gasteiger partial charge >= 0.3 is 0 Å². The molecule has 1 aromatic heterocycles. The highest BCUT2D eigenvalue weighted by Gasteiger charge is 2.29. The number of hydrogen-bond acceptors (Lipinski definition) is 6. The normalized spacial score (nSPS) is 15.7. The van der Waals surface area contributed by atoms with Crippen molar-refractivity contribution in [1.29, 1.82) is 0 Å². The van der Waals surface area contributed by atoms with Crippen molar-refractivity contribution in [2.75, 3.05) is 11.9 Å². The lowest BCUT2D eigenvalue weighted by Crippen LogP contribution is -2.22. The number of rotatable bonds is 7. The highest BCUT2D eigenvalue weighted by atomic mass is 32.2. The molecule has 2 heterocycles. The number of nitrogens with zero attached hydrogens (tertiary/aromatic N) is 2. The Bertz CT molecular complexity index is 1280. The summed E-state index contributed by atoms with van der Waals surface area (Å²) in [6.45, 7) is 4.58. The van der Waals surface area contributed by atoms with Gasteiger partial charge < -0.3 is 5.32 Å². The van der Waals surface area contributed by atoms with Gasteiger partial charge in [-0.05, 0) is 56.0 Å².